The number of thioether (sulfide) groups is 1. The second-order valence-corrected chi connectivity index (χ2v) is 6.39. The summed E-state index contributed by atoms with van der Waals surface area (Å²) < 4.78 is 10.7. The van der Waals surface area contributed by atoms with Crippen molar-refractivity contribution in [1.29, 1.82) is 0 Å². The maximum Gasteiger partial charge on any atom is 0.253 e. The van der Waals surface area contributed by atoms with Crippen molar-refractivity contribution in [3.63, 3.8) is 0 Å². The molecule has 3 heterocycles. The Kier molecular flexibility index (Phi) is 4.99. The Morgan fingerprint density at radius 3 is 2.73 bits per heavy atom. The predicted octanol–water partition coefficient (Wildman–Crippen LogP) is 0.266. The minimum Gasteiger partial charge on any atom is -0.494 e. The van der Waals surface area contributed by atoms with E-state index in [4.69, 9.17) is 9.47 Å². The van der Waals surface area contributed by atoms with Crippen molar-refractivity contribution in [3.8, 4) is 5.75 Å². The Hall–Kier alpha value is -1.54. The van der Waals surface area contributed by atoms with Gasteiger partial charge in [0.05, 0.1) is 32.7 Å². The number of carbonyl (C=O) groups is 1. The van der Waals surface area contributed by atoms with E-state index >= 15 is 0 Å². The van der Waals surface area contributed by atoms with Crippen LogP contribution in [0.25, 0.3) is 0 Å². The number of morpholine rings is 1. The molecule has 0 saturated carbocycles. The van der Waals surface area contributed by atoms with Crippen LogP contribution in [0.1, 0.15) is 0 Å². The number of hydrogen-bond acceptors (Lipinski definition) is 7. The van der Waals surface area contributed by atoms with Gasteiger partial charge in [0, 0.05) is 31.1 Å². The normalized spacial score (nSPS) is 22.5. The van der Waals surface area contributed by atoms with Gasteiger partial charge in [-0.1, -0.05) is 0 Å². The standard InChI is InChI=1S/C14H20N4O3S/c1-20-11-8-15-14(16-9-11)18-2-5-21-12(10-18)13(19)17-3-6-22-7-4-17/h8-9,12H,2-7,10H2,1H3. The van der Waals surface area contributed by atoms with Crippen LogP contribution in [-0.4, -0.2) is 78.3 Å². The van der Waals surface area contributed by atoms with Crippen LogP contribution in [0.5, 0.6) is 5.75 Å². The molecule has 7 nitrogen and oxygen atoms in total. The highest BCUT2D eigenvalue weighted by molar-refractivity contribution is 7.99. The van der Waals surface area contributed by atoms with Gasteiger partial charge in [0.1, 0.15) is 0 Å². The zero-order valence-electron chi connectivity index (χ0n) is 12.6. The third kappa shape index (κ3) is 3.44. The van der Waals surface area contributed by atoms with Gasteiger partial charge in [-0.15, -0.1) is 0 Å². The molecule has 2 aliphatic heterocycles. The second-order valence-electron chi connectivity index (χ2n) is 5.17. The van der Waals surface area contributed by atoms with Crippen LogP contribution in [0.15, 0.2) is 12.4 Å². The molecule has 0 N–H and O–H groups in total. The average Bonchev–Trinajstić information content (AvgIpc) is 2.62. The topological polar surface area (TPSA) is 67.8 Å². The molecule has 1 amide bonds. The van der Waals surface area contributed by atoms with Crippen molar-refractivity contribution in [2.45, 2.75) is 6.10 Å². The third-order valence-electron chi connectivity index (χ3n) is 3.80. The molecule has 1 aromatic rings. The lowest BCUT2D eigenvalue weighted by Crippen LogP contribution is -2.53. The van der Waals surface area contributed by atoms with E-state index in [0.29, 0.717) is 31.4 Å². The smallest absolute Gasteiger partial charge is 0.253 e. The van der Waals surface area contributed by atoms with Gasteiger partial charge in [0.15, 0.2) is 11.9 Å². The van der Waals surface area contributed by atoms with E-state index in [-0.39, 0.29) is 5.91 Å². The van der Waals surface area contributed by atoms with E-state index in [2.05, 4.69) is 9.97 Å². The van der Waals surface area contributed by atoms with Crippen LogP contribution in [-0.2, 0) is 9.53 Å². The summed E-state index contributed by atoms with van der Waals surface area (Å²) in [5.41, 5.74) is 0. The average molecular weight is 324 g/mol. The minimum absolute atomic E-state index is 0.0820. The molecule has 0 spiro atoms. The van der Waals surface area contributed by atoms with Gasteiger partial charge in [-0.25, -0.2) is 9.97 Å². The molecular formula is C14H20N4O3S. The number of anilines is 1. The monoisotopic (exact) mass is 324 g/mol. The molecule has 22 heavy (non-hydrogen) atoms. The molecule has 2 fully saturated rings. The highest BCUT2D eigenvalue weighted by atomic mass is 32.2. The van der Waals surface area contributed by atoms with Gasteiger partial charge in [-0.2, -0.15) is 11.8 Å². The Bertz CT molecular complexity index is 507. The van der Waals surface area contributed by atoms with Gasteiger partial charge < -0.3 is 19.3 Å². The highest BCUT2D eigenvalue weighted by Gasteiger charge is 2.31. The third-order valence-corrected chi connectivity index (χ3v) is 4.74. The van der Waals surface area contributed by atoms with Crippen LogP contribution in [0.3, 0.4) is 0 Å². The first-order valence-electron chi connectivity index (χ1n) is 7.37. The van der Waals surface area contributed by atoms with Crippen molar-refractivity contribution in [2.24, 2.45) is 0 Å². The molecule has 8 heteroatoms. The van der Waals surface area contributed by atoms with Crippen molar-refractivity contribution in [3.05, 3.63) is 12.4 Å². The largest absolute Gasteiger partial charge is 0.494 e. The maximum atomic E-state index is 12.5. The fourth-order valence-electron chi connectivity index (χ4n) is 2.55. The number of ether oxygens (including phenoxy) is 2. The Balaban J connectivity index is 1.64. The number of aromatic nitrogens is 2. The van der Waals surface area contributed by atoms with Gasteiger partial charge in [0.2, 0.25) is 5.95 Å². The first-order chi connectivity index (χ1) is 10.8. The zero-order chi connectivity index (χ0) is 15.4. The number of rotatable bonds is 3. The van der Waals surface area contributed by atoms with Crippen LogP contribution in [0.4, 0.5) is 5.95 Å². The van der Waals surface area contributed by atoms with Gasteiger partial charge in [-0.3, -0.25) is 4.79 Å². The number of hydrogen-bond donors (Lipinski definition) is 0. The van der Waals surface area contributed by atoms with E-state index in [1.165, 1.54) is 0 Å². The lowest BCUT2D eigenvalue weighted by atomic mass is 10.2. The first kappa shape index (κ1) is 15.4. The first-order valence-corrected chi connectivity index (χ1v) is 8.52. The number of amides is 1. The minimum atomic E-state index is -0.428. The Labute approximate surface area is 134 Å². The fraction of sp³-hybridized carbons (Fsp3) is 0.643. The number of carbonyl (C=O) groups excluding carboxylic acids is 1. The van der Waals surface area contributed by atoms with E-state index < -0.39 is 6.10 Å². The van der Waals surface area contributed by atoms with E-state index in [1.807, 2.05) is 21.6 Å². The number of nitrogens with zero attached hydrogens (tertiary/aromatic N) is 4. The lowest BCUT2D eigenvalue weighted by Gasteiger charge is -2.36. The fourth-order valence-corrected chi connectivity index (χ4v) is 3.45. The van der Waals surface area contributed by atoms with E-state index in [0.717, 1.165) is 24.6 Å². The summed E-state index contributed by atoms with van der Waals surface area (Å²) in [5.74, 6) is 3.32. The molecule has 0 aliphatic carbocycles. The van der Waals surface area contributed by atoms with Crippen LogP contribution in [0, 0.1) is 0 Å². The SMILES string of the molecule is COc1cnc(N2CCOC(C(=O)N3CCSCC3)C2)nc1. The Morgan fingerprint density at radius 2 is 2.05 bits per heavy atom. The Morgan fingerprint density at radius 1 is 1.32 bits per heavy atom. The van der Waals surface area contributed by atoms with Crippen LogP contribution in [0.2, 0.25) is 0 Å². The molecule has 2 saturated heterocycles. The van der Waals surface area contributed by atoms with Crippen molar-refractivity contribution < 1.29 is 14.3 Å². The van der Waals surface area contributed by atoms with Crippen molar-refractivity contribution in [2.75, 3.05) is 56.3 Å². The van der Waals surface area contributed by atoms with Crippen LogP contribution >= 0.6 is 11.8 Å². The molecule has 1 aromatic heterocycles. The van der Waals surface area contributed by atoms with Crippen LogP contribution < -0.4 is 9.64 Å². The summed E-state index contributed by atoms with van der Waals surface area (Å²) in [6.45, 7) is 3.31. The summed E-state index contributed by atoms with van der Waals surface area (Å²) in [4.78, 5) is 25.0. The quantitative estimate of drug-likeness (QED) is 0.790. The molecular weight excluding hydrogens is 304 g/mol. The molecule has 0 radical (unpaired) electrons. The molecule has 1 atom stereocenters. The van der Waals surface area contributed by atoms with Gasteiger partial charge in [0.25, 0.3) is 5.91 Å². The summed E-state index contributed by atoms with van der Waals surface area (Å²) in [6.07, 6.45) is 2.84. The molecule has 2 aliphatic rings. The lowest BCUT2D eigenvalue weighted by molar-refractivity contribution is -0.144. The predicted molar refractivity (Wildman–Crippen MR) is 84.4 cm³/mol. The number of methoxy groups -OCH3 is 1. The summed E-state index contributed by atoms with van der Waals surface area (Å²) in [5, 5.41) is 0. The van der Waals surface area contributed by atoms with Gasteiger partial charge in [-0.05, 0) is 0 Å². The molecule has 1 unspecified atom stereocenters. The molecule has 0 bridgehead atoms. The van der Waals surface area contributed by atoms with E-state index in [9.17, 15) is 4.79 Å². The summed E-state index contributed by atoms with van der Waals surface area (Å²) in [7, 11) is 1.58. The van der Waals surface area contributed by atoms with Crippen molar-refractivity contribution >= 4 is 23.6 Å². The summed E-state index contributed by atoms with van der Waals surface area (Å²) in [6, 6.07) is 0. The zero-order valence-corrected chi connectivity index (χ0v) is 13.4. The van der Waals surface area contributed by atoms with Gasteiger partial charge >= 0.3 is 0 Å². The van der Waals surface area contributed by atoms with Crippen molar-refractivity contribution in [1.82, 2.24) is 14.9 Å². The molecule has 0 aromatic carbocycles. The van der Waals surface area contributed by atoms with E-state index in [1.54, 1.807) is 19.5 Å². The highest BCUT2D eigenvalue weighted by Crippen LogP contribution is 2.17. The molecule has 120 valence electrons. The second kappa shape index (κ2) is 7.15. The maximum absolute atomic E-state index is 12.5. The summed E-state index contributed by atoms with van der Waals surface area (Å²) >= 11 is 1.89. The molecule has 3 rings (SSSR count).